The van der Waals surface area contributed by atoms with Crippen molar-refractivity contribution in [1.29, 1.82) is 0 Å². The van der Waals surface area contributed by atoms with Crippen LogP contribution in [0.15, 0.2) is 30.3 Å². The third kappa shape index (κ3) is 3.80. The number of hydrogen-bond acceptors (Lipinski definition) is 3. The molecule has 0 spiro atoms. The van der Waals surface area contributed by atoms with Gasteiger partial charge in [-0.25, -0.2) is 0 Å². The molecule has 1 heterocycles. The van der Waals surface area contributed by atoms with Gasteiger partial charge in [0.2, 0.25) is 0 Å². The summed E-state index contributed by atoms with van der Waals surface area (Å²) >= 11 is 0. The van der Waals surface area contributed by atoms with Crippen LogP contribution in [0.1, 0.15) is 24.5 Å². The lowest BCUT2D eigenvalue weighted by Crippen LogP contribution is -2.38. The molecule has 0 saturated carbocycles. The molecule has 0 bridgehead atoms. The Morgan fingerprint density at radius 2 is 1.94 bits per heavy atom. The van der Waals surface area contributed by atoms with Crippen molar-refractivity contribution in [2.24, 2.45) is 5.92 Å². The van der Waals surface area contributed by atoms with Gasteiger partial charge in [-0.15, -0.1) is 0 Å². The fraction of sp³-hybridized carbons (Fsp3) is 0.600. The zero-order valence-electron chi connectivity index (χ0n) is 11.2. The summed E-state index contributed by atoms with van der Waals surface area (Å²) in [5.41, 5.74) is 1.02. The van der Waals surface area contributed by atoms with Crippen LogP contribution in [0.25, 0.3) is 0 Å². The maximum Gasteiger partial charge on any atom is 0.0916 e. The summed E-state index contributed by atoms with van der Waals surface area (Å²) in [4.78, 5) is 2.38. The number of likely N-dealkylation sites (tertiary alicyclic amines) is 1. The molecule has 2 N–H and O–H groups in total. The predicted molar refractivity (Wildman–Crippen MR) is 74.5 cm³/mol. The van der Waals surface area contributed by atoms with Gasteiger partial charge in [0.25, 0.3) is 0 Å². The number of benzene rings is 1. The standard InChI is InChI=1S/C15H24N2O/c1-16-11-13-7-9-17(10-8-13)12-15(18)14-5-3-2-4-6-14/h2-6,13,15-16,18H,7-12H2,1H3/t15-/m1/s1. The van der Waals surface area contributed by atoms with Crippen LogP contribution in [0.4, 0.5) is 0 Å². The molecule has 2 rings (SSSR count). The van der Waals surface area contributed by atoms with Crippen LogP contribution in [-0.2, 0) is 0 Å². The van der Waals surface area contributed by atoms with Gasteiger partial charge in [-0.3, -0.25) is 0 Å². The Kier molecular flexibility index (Phi) is 5.17. The minimum atomic E-state index is -0.355. The summed E-state index contributed by atoms with van der Waals surface area (Å²) in [5, 5.41) is 13.4. The van der Waals surface area contributed by atoms with Crippen LogP contribution in [0.2, 0.25) is 0 Å². The summed E-state index contributed by atoms with van der Waals surface area (Å²) in [5.74, 6) is 0.806. The molecule has 0 radical (unpaired) electrons. The number of hydrogen-bond donors (Lipinski definition) is 2. The van der Waals surface area contributed by atoms with E-state index in [4.69, 9.17) is 0 Å². The van der Waals surface area contributed by atoms with Gasteiger partial charge in [0.05, 0.1) is 6.10 Å². The fourth-order valence-corrected chi connectivity index (χ4v) is 2.69. The summed E-state index contributed by atoms with van der Waals surface area (Å²) in [7, 11) is 2.02. The van der Waals surface area contributed by atoms with Crippen LogP contribution in [0.3, 0.4) is 0 Å². The van der Waals surface area contributed by atoms with E-state index in [-0.39, 0.29) is 6.10 Å². The minimum absolute atomic E-state index is 0.355. The van der Waals surface area contributed by atoms with Gasteiger partial charge >= 0.3 is 0 Å². The first-order valence-corrected chi connectivity index (χ1v) is 6.89. The van der Waals surface area contributed by atoms with E-state index in [1.807, 2.05) is 37.4 Å². The third-order valence-electron chi connectivity index (χ3n) is 3.82. The molecule has 1 atom stereocenters. The molecule has 1 aliphatic rings. The molecule has 1 fully saturated rings. The molecule has 1 aromatic carbocycles. The van der Waals surface area contributed by atoms with Gasteiger partial charge in [0, 0.05) is 6.54 Å². The highest BCUT2D eigenvalue weighted by atomic mass is 16.3. The zero-order valence-corrected chi connectivity index (χ0v) is 11.2. The molecule has 100 valence electrons. The number of nitrogens with one attached hydrogen (secondary N) is 1. The lowest BCUT2D eigenvalue weighted by Gasteiger charge is -2.33. The molecule has 1 aliphatic heterocycles. The summed E-state index contributed by atoms with van der Waals surface area (Å²) in [6.45, 7) is 4.10. The SMILES string of the molecule is CNCC1CCN(C[C@@H](O)c2ccccc2)CC1. The maximum atomic E-state index is 10.2. The molecule has 0 aromatic heterocycles. The Bertz CT molecular complexity index is 334. The number of aliphatic hydroxyl groups is 1. The molecule has 0 aliphatic carbocycles. The van der Waals surface area contributed by atoms with E-state index < -0.39 is 0 Å². The molecular weight excluding hydrogens is 224 g/mol. The van der Waals surface area contributed by atoms with Crippen molar-refractivity contribution in [3.8, 4) is 0 Å². The van der Waals surface area contributed by atoms with Gasteiger partial charge in [0.1, 0.15) is 0 Å². The van der Waals surface area contributed by atoms with Crippen molar-refractivity contribution >= 4 is 0 Å². The Hall–Kier alpha value is -0.900. The first kappa shape index (κ1) is 13.5. The van der Waals surface area contributed by atoms with E-state index in [0.717, 1.165) is 37.7 Å². The summed E-state index contributed by atoms with van der Waals surface area (Å²) < 4.78 is 0. The van der Waals surface area contributed by atoms with Crippen LogP contribution < -0.4 is 5.32 Å². The van der Waals surface area contributed by atoms with Gasteiger partial charge < -0.3 is 15.3 Å². The Morgan fingerprint density at radius 1 is 1.28 bits per heavy atom. The average molecular weight is 248 g/mol. The number of rotatable bonds is 5. The van der Waals surface area contributed by atoms with Crippen LogP contribution >= 0.6 is 0 Å². The second-order valence-corrected chi connectivity index (χ2v) is 5.23. The van der Waals surface area contributed by atoms with E-state index in [2.05, 4.69) is 10.2 Å². The summed E-state index contributed by atoms with van der Waals surface area (Å²) in [6.07, 6.45) is 2.12. The topological polar surface area (TPSA) is 35.5 Å². The number of nitrogens with zero attached hydrogens (tertiary/aromatic N) is 1. The van der Waals surface area contributed by atoms with E-state index >= 15 is 0 Å². The highest BCUT2D eigenvalue weighted by molar-refractivity contribution is 5.17. The van der Waals surface area contributed by atoms with Crippen LogP contribution in [-0.4, -0.2) is 43.2 Å². The molecule has 0 unspecified atom stereocenters. The van der Waals surface area contributed by atoms with E-state index in [1.54, 1.807) is 0 Å². The highest BCUT2D eigenvalue weighted by Crippen LogP contribution is 2.20. The smallest absolute Gasteiger partial charge is 0.0916 e. The van der Waals surface area contributed by atoms with Crippen LogP contribution in [0.5, 0.6) is 0 Å². The van der Waals surface area contributed by atoms with Crippen molar-refractivity contribution in [1.82, 2.24) is 10.2 Å². The van der Waals surface area contributed by atoms with Gasteiger partial charge in [-0.2, -0.15) is 0 Å². The lowest BCUT2D eigenvalue weighted by atomic mass is 9.96. The lowest BCUT2D eigenvalue weighted by molar-refractivity contribution is 0.0894. The van der Waals surface area contributed by atoms with Crippen molar-refractivity contribution < 1.29 is 5.11 Å². The molecule has 3 nitrogen and oxygen atoms in total. The average Bonchev–Trinajstić information content (AvgIpc) is 2.42. The van der Waals surface area contributed by atoms with Crippen molar-refractivity contribution in [2.75, 3.05) is 33.2 Å². The van der Waals surface area contributed by atoms with Crippen molar-refractivity contribution in [3.05, 3.63) is 35.9 Å². The molecule has 1 saturated heterocycles. The normalized spacial score (nSPS) is 19.9. The highest BCUT2D eigenvalue weighted by Gasteiger charge is 2.20. The van der Waals surface area contributed by atoms with E-state index in [9.17, 15) is 5.11 Å². The number of aliphatic hydroxyl groups excluding tert-OH is 1. The summed E-state index contributed by atoms with van der Waals surface area (Å²) in [6, 6.07) is 9.95. The molecule has 1 aromatic rings. The van der Waals surface area contributed by atoms with Crippen molar-refractivity contribution in [3.63, 3.8) is 0 Å². The fourth-order valence-electron chi connectivity index (χ4n) is 2.69. The van der Waals surface area contributed by atoms with Gasteiger partial charge in [-0.05, 0) is 51.0 Å². The monoisotopic (exact) mass is 248 g/mol. The third-order valence-corrected chi connectivity index (χ3v) is 3.82. The first-order chi connectivity index (χ1) is 8.79. The number of β-amino-alcohol motifs (C(OH)–C–C–N with tert-alkyl or cyclic N) is 1. The first-order valence-electron chi connectivity index (χ1n) is 6.89. The van der Waals surface area contributed by atoms with Gasteiger partial charge in [0.15, 0.2) is 0 Å². The Morgan fingerprint density at radius 3 is 2.56 bits per heavy atom. The van der Waals surface area contributed by atoms with E-state index in [0.29, 0.717) is 0 Å². The minimum Gasteiger partial charge on any atom is -0.387 e. The molecule has 0 amide bonds. The van der Waals surface area contributed by atoms with E-state index in [1.165, 1.54) is 12.8 Å². The second-order valence-electron chi connectivity index (χ2n) is 5.23. The number of piperidine rings is 1. The van der Waals surface area contributed by atoms with Crippen molar-refractivity contribution in [2.45, 2.75) is 18.9 Å². The molecular formula is C15H24N2O. The second kappa shape index (κ2) is 6.88. The Labute approximate surface area is 110 Å². The quantitative estimate of drug-likeness (QED) is 0.832. The largest absolute Gasteiger partial charge is 0.387 e. The zero-order chi connectivity index (χ0) is 12.8. The molecule has 18 heavy (non-hydrogen) atoms. The Balaban J connectivity index is 1.78. The predicted octanol–water partition coefficient (Wildman–Crippen LogP) is 1.65. The van der Waals surface area contributed by atoms with Gasteiger partial charge in [-0.1, -0.05) is 30.3 Å². The molecule has 3 heteroatoms. The maximum absolute atomic E-state index is 10.2. The van der Waals surface area contributed by atoms with Crippen LogP contribution in [0, 0.1) is 5.92 Å².